The largest absolute Gasteiger partial charge is 2.00 e. The van der Waals surface area contributed by atoms with Gasteiger partial charge in [0.15, 0.2) is 0 Å². The summed E-state index contributed by atoms with van der Waals surface area (Å²) in [6, 6.07) is 14.1. The molecule has 0 aliphatic rings. The van der Waals surface area contributed by atoms with Crippen molar-refractivity contribution in [1.29, 1.82) is 0 Å². The second-order valence-electron chi connectivity index (χ2n) is 3.96. The van der Waals surface area contributed by atoms with Crippen LogP contribution in [0, 0.1) is 44.1 Å². The molecule has 0 N–H and O–H groups in total. The van der Waals surface area contributed by atoms with E-state index in [4.69, 9.17) is 11.6 Å². The van der Waals surface area contributed by atoms with E-state index in [9.17, 15) is 4.79 Å². The molecule has 1 nitrogen and oxygen atoms in total. The zero-order chi connectivity index (χ0) is 13.8. The van der Waals surface area contributed by atoms with Crippen molar-refractivity contribution in [3.63, 3.8) is 0 Å². The van der Waals surface area contributed by atoms with Crippen molar-refractivity contribution in [2.45, 2.75) is 13.3 Å². The smallest absolute Gasteiger partial charge is 0.344 e. The summed E-state index contributed by atoms with van der Waals surface area (Å²) in [5.41, 5.74) is -0.00815. The molecule has 0 bridgehead atoms. The molecule has 0 saturated carbocycles. The molecule has 0 fully saturated rings. The fourth-order valence-electron chi connectivity index (χ4n) is 1.73. The van der Waals surface area contributed by atoms with Crippen molar-refractivity contribution in [3.8, 4) is 0 Å². The van der Waals surface area contributed by atoms with Crippen molar-refractivity contribution in [2.24, 2.45) is 0 Å². The number of halogens is 1. The van der Waals surface area contributed by atoms with Crippen LogP contribution in [0.25, 0.3) is 20.2 Å². The van der Waals surface area contributed by atoms with E-state index >= 15 is 0 Å². The molecule has 0 unspecified atom stereocenters. The molecule has 0 aliphatic carbocycles. The SMILES string of the molecule is O=c1c2ccccc2sc2[c-]ccc(Cl)c12.[CH2-]CC.[U+2]. The van der Waals surface area contributed by atoms with E-state index in [0.29, 0.717) is 10.4 Å². The maximum Gasteiger partial charge on any atom is 2.00 e. The average Bonchev–Trinajstić information content (AvgIpc) is 2.40. The van der Waals surface area contributed by atoms with Crippen molar-refractivity contribution >= 4 is 43.1 Å². The van der Waals surface area contributed by atoms with E-state index < -0.39 is 0 Å². The molecule has 100 valence electrons. The van der Waals surface area contributed by atoms with E-state index in [1.54, 1.807) is 12.1 Å². The Morgan fingerprint density at radius 1 is 1.30 bits per heavy atom. The van der Waals surface area contributed by atoms with Crippen LogP contribution in [0.1, 0.15) is 13.3 Å². The first-order valence-electron chi connectivity index (χ1n) is 6.00. The van der Waals surface area contributed by atoms with Gasteiger partial charge < -0.3 is 11.7 Å². The molecule has 0 saturated heterocycles. The molecule has 1 heterocycles. The summed E-state index contributed by atoms with van der Waals surface area (Å²) >= 11 is 7.59. The molecular formula is C16H13ClOSU. The Hall–Kier alpha value is -0.328. The zero-order valence-corrected chi connectivity index (χ0v) is 16.8. The van der Waals surface area contributed by atoms with Gasteiger partial charge in [-0.25, -0.2) is 0 Å². The summed E-state index contributed by atoms with van der Waals surface area (Å²) in [6.45, 7) is 5.50. The van der Waals surface area contributed by atoms with Gasteiger partial charge in [0, 0.05) is 10.1 Å². The van der Waals surface area contributed by atoms with E-state index in [0.717, 1.165) is 21.2 Å². The van der Waals surface area contributed by atoms with Crippen LogP contribution in [-0.4, -0.2) is 0 Å². The number of hydrogen-bond donors (Lipinski definition) is 0. The van der Waals surface area contributed by atoms with Crippen LogP contribution in [0.2, 0.25) is 5.02 Å². The number of fused-ring (bicyclic) bond motifs is 2. The van der Waals surface area contributed by atoms with Gasteiger partial charge in [0.2, 0.25) is 0 Å². The minimum Gasteiger partial charge on any atom is -0.344 e. The van der Waals surface area contributed by atoms with Crippen LogP contribution < -0.4 is 5.43 Å². The van der Waals surface area contributed by atoms with Gasteiger partial charge in [0.1, 0.15) is 5.43 Å². The Kier molecular flexibility index (Phi) is 7.26. The number of rotatable bonds is 0. The van der Waals surface area contributed by atoms with Crippen LogP contribution in [0.3, 0.4) is 0 Å². The number of hydrogen-bond acceptors (Lipinski definition) is 2. The summed E-state index contributed by atoms with van der Waals surface area (Å²) < 4.78 is 1.79. The minimum atomic E-state index is -0.00815. The third kappa shape index (κ3) is 3.65. The van der Waals surface area contributed by atoms with Gasteiger partial charge in [-0.15, -0.1) is 11.6 Å². The number of benzene rings is 2. The van der Waals surface area contributed by atoms with Gasteiger partial charge in [0.25, 0.3) is 0 Å². The molecule has 0 spiro atoms. The van der Waals surface area contributed by atoms with E-state index in [-0.39, 0.29) is 36.5 Å². The standard InChI is InChI=1S/C13H6ClOS.C3H7.U/c14-9-5-3-7-11-12(9)13(15)8-4-1-2-6-10(8)16-11;1-3-2;/h1-6H;1,3H2,2H3;/q2*-1;+2. The monoisotopic (exact) mass is 526 g/mol. The maximum atomic E-state index is 12.2. The molecular weight excluding hydrogens is 514 g/mol. The fourth-order valence-corrected chi connectivity index (χ4v) is 3.10. The van der Waals surface area contributed by atoms with Gasteiger partial charge in [0.05, 0.1) is 0 Å². The molecule has 0 atom stereocenters. The second-order valence-corrected chi connectivity index (χ2v) is 5.42. The first-order chi connectivity index (χ1) is 9.19. The molecule has 0 aliphatic heterocycles. The molecule has 1 aromatic heterocycles. The van der Waals surface area contributed by atoms with E-state index in [2.05, 4.69) is 13.0 Å². The van der Waals surface area contributed by atoms with Gasteiger partial charge in [-0.1, -0.05) is 40.2 Å². The minimum absolute atomic E-state index is 0. The molecule has 2 aromatic carbocycles. The Morgan fingerprint density at radius 3 is 2.65 bits per heavy atom. The van der Waals surface area contributed by atoms with Crippen LogP contribution >= 0.6 is 22.9 Å². The average molecular weight is 527 g/mol. The topological polar surface area (TPSA) is 17.1 Å². The summed E-state index contributed by atoms with van der Waals surface area (Å²) in [7, 11) is 0. The van der Waals surface area contributed by atoms with Crippen molar-refractivity contribution < 1.29 is 31.1 Å². The Balaban J connectivity index is 0.000000462. The molecule has 3 aromatic rings. The van der Waals surface area contributed by atoms with Gasteiger partial charge in [-0.2, -0.15) is 36.0 Å². The van der Waals surface area contributed by atoms with Crippen LogP contribution in [0.15, 0.2) is 41.2 Å². The van der Waals surface area contributed by atoms with Crippen molar-refractivity contribution in [3.05, 3.63) is 64.6 Å². The van der Waals surface area contributed by atoms with Crippen LogP contribution in [0.5, 0.6) is 0 Å². The Bertz CT molecular complexity index is 767. The molecule has 0 radical (unpaired) electrons. The van der Waals surface area contributed by atoms with Gasteiger partial charge in [-0.05, 0) is 6.07 Å². The van der Waals surface area contributed by atoms with Crippen molar-refractivity contribution in [1.82, 2.24) is 0 Å². The molecule has 4 heteroatoms. The Labute approximate surface area is 151 Å². The maximum absolute atomic E-state index is 12.2. The molecule has 3 rings (SSSR count). The quantitative estimate of drug-likeness (QED) is 0.294. The van der Waals surface area contributed by atoms with Gasteiger partial charge in [-0.3, -0.25) is 0 Å². The van der Waals surface area contributed by atoms with Crippen molar-refractivity contribution in [2.75, 3.05) is 0 Å². The van der Waals surface area contributed by atoms with Crippen LogP contribution in [-0.2, 0) is 0 Å². The third-order valence-corrected chi connectivity index (χ3v) is 3.90. The fraction of sp³-hybridized carbons (Fsp3) is 0.125. The predicted molar refractivity (Wildman–Crippen MR) is 85.1 cm³/mol. The first kappa shape index (κ1) is 17.7. The summed E-state index contributed by atoms with van der Waals surface area (Å²) in [5.74, 6) is 0. The van der Waals surface area contributed by atoms with E-state index in [1.807, 2.05) is 31.2 Å². The summed E-state index contributed by atoms with van der Waals surface area (Å²) in [4.78, 5) is 12.2. The predicted octanol–water partition coefficient (Wildman–Crippen LogP) is 5.10. The summed E-state index contributed by atoms with van der Waals surface area (Å²) in [6.07, 6.45) is 1.00. The third-order valence-electron chi connectivity index (χ3n) is 2.48. The van der Waals surface area contributed by atoms with E-state index in [1.165, 1.54) is 11.3 Å². The molecule has 0 amide bonds. The summed E-state index contributed by atoms with van der Waals surface area (Å²) in [5, 5.41) is 1.80. The first-order valence-corrected chi connectivity index (χ1v) is 7.19. The molecule has 20 heavy (non-hydrogen) atoms. The normalized spacial score (nSPS) is 9.75. The second kappa shape index (κ2) is 8.20. The van der Waals surface area contributed by atoms with Crippen LogP contribution in [0.4, 0.5) is 0 Å². The Morgan fingerprint density at radius 2 is 1.95 bits per heavy atom. The zero-order valence-electron chi connectivity index (χ0n) is 11.1. The van der Waals surface area contributed by atoms with Gasteiger partial charge >= 0.3 is 31.1 Å².